The van der Waals surface area contributed by atoms with Crippen LogP contribution in [-0.4, -0.2) is 31.0 Å². The normalized spacial score (nSPS) is 14.1. The monoisotopic (exact) mass is 441 g/mol. The van der Waals surface area contributed by atoms with E-state index >= 15 is 0 Å². The van der Waals surface area contributed by atoms with Gasteiger partial charge in [0.25, 0.3) is 0 Å². The topological polar surface area (TPSA) is 92.5 Å². The van der Waals surface area contributed by atoms with Crippen LogP contribution in [-0.2, 0) is 0 Å². The minimum absolute atomic E-state index is 0.205. The molecule has 3 aromatic rings. The maximum absolute atomic E-state index is 12.8. The number of urea groups is 1. The number of carbonyl (C=O) groups excluding carboxylic acids is 2. The van der Waals surface area contributed by atoms with Crippen molar-refractivity contribution in [1.29, 1.82) is 0 Å². The first-order valence-electron chi connectivity index (χ1n) is 8.42. The predicted octanol–water partition coefficient (Wildman–Crippen LogP) is 4.31. The van der Waals surface area contributed by atoms with Crippen molar-refractivity contribution in [2.75, 3.05) is 19.5 Å². The van der Waals surface area contributed by atoms with Crippen LogP contribution in [0.2, 0.25) is 0 Å². The zero-order valence-electron chi connectivity index (χ0n) is 15.1. The minimum atomic E-state index is -0.362. The zero-order valence-corrected chi connectivity index (χ0v) is 16.6. The lowest BCUT2D eigenvalue weighted by Crippen LogP contribution is -2.24. The van der Waals surface area contributed by atoms with Crippen molar-refractivity contribution in [1.82, 2.24) is 10.3 Å². The van der Waals surface area contributed by atoms with E-state index < -0.39 is 0 Å². The van der Waals surface area contributed by atoms with E-state index in [0.717, 1.165) is 21.1 Å². The quantitative estimate of drug-likeness (QED) is 0.528. The minimum Gasteiger partial charge on any atom is -0.497 e. The Hall–Kier alpha value is -3.26. The number of Topliss-reactive ketones (excluding diaryl/α,β-unsaturated/α-hetero) is 1. The summed E-state index contributed by atoms with van der Waals surface area (Å²) in [5.74, 6) is 1.12. The molecule has 0 bridgehead atoms. The molecule has 0 saturated carbocycles. The number of ether oxygens (including phenoxy) is 2. The molecular weight excluding hydrogens is 426 g/mol. The Morgan fingerprint density at radius 3 is 2.82 bits per heavy atom. The summed E-state index contributed by atoms with van der Waals surface area (Å²) in [5, 5.41) is 6.01. The van der Waals surface area contributed by atoms with Crippen molar-refractivity contribution in [3.05, 3.63) is 57.9 Å². The van der Waals surface area contributed by atoms with Gasteiger partial charge in [-0.3, -0.25) is 4.79 Å². The summed E-state index contributed by atoms with van der Waals surface area (Å²) >= 11 is 3.50. The van der Waals surface area contributed by atoms with Crippen molar-refractivity contribution in [2.45, 2.75) is 0 Å². The van der Waals surface area contributed by atoms with Gasteiger partial charge in [0.05, 0.1) is 17.3 Å². The second-order valence-electron chi connectivity index (χ2n) is 6.12. The zero-order chi connectivity index (χ0) is 19.8. The summed E-state index contributed by atoms with van der Waals surface area (Å²) in [6, 6.07) is 10.2. The molecule has 2 aromatic carbocycles. The van der Waals surface area contributed by atoms with Gasteiger partial charge in [-0.05, 0) is 58.4 Å². The Morgan fingerprint density at radius 2 is 2.07 bits per heavy atom. The Bertz CT molecular complexity index is 1150. The number of rotatable bonds is 3. The molecule has 0 aliphatic carbocycles. The first kappa shape index (κ1) is 18.1. The van der Waals surface area contributed by atoms with Crippen LogP contribution in [0.25, 0.3) is 17.0 Å². The number of anilines is 1. The van der Waals surface area contributed by atoms with Gasteiger partial charge in [0.15, 0.2) is 5.76 Å². The van der Waals surface area contributed by atoms with Crippen LogP contribution in [0, 0.1) is 0 Å². The largest absolute Gasteiger partial charge is 0.497 e. The molecule has 0 radical (unpaired) electrons. The van der Waals surface area contributed by atoms with Gasteiger partial charge in [0.2, 0.25) is 5.78 Å². The highest BCUT2D eigenvalue weighted by Crippen LogP contribution is 2.36. The number of carbonyl (C=O) groups is 2. The fourth-order valence-electron chi connectivity index (χ4n) is 3.02. The van der Waals surface area contributed by atoms with E-state index in [-0.39, 0.29) is 17.6 Å². The van der Waals surface area contributed by atoms with E-state index in [0.29, 0.717) is 22.7 Å². The lowest BCUT2D eigenvalue weighted by molar-refractivity contribution is 0.101. The molecule has 0 saturated heterocycles. The molecule has 8 heteroatoms. The molecule has 3 N–H and O–H groups in total. The number of aromatic amines is 1. The summed E-state index contributed by atoms with van der Waals surface area (Å²) < 4.78 is 11.8. The Morgan fingerprint density at radius 1 is 1.25 bits per heavy atom. The van der Waals surface area contributed by atoms with Crippen LogP contribution in [0.5, 0.6) is 11.5 Å². The van der Waals surface area contributed by atoms with Crippen molar-refractivity contribution in [3.63, 3.8) is 0 Å². The van der Waals surface area contributed by atoms with Gasteiger partial charge in [0.1, 0.15) is 11.5 Å². The summed E-state index contributed by atoms with van der Waals surface area (Å²) in [6.07, 6.45) is 1.69. The highest BCUT2D eigenvalue weighted by atomic mass is 79.9. The van der Waals surface area contributed by atoms with E-state index in [2.05, 4.69) is 31.5 Å². The van der Waals surface area contributed by atoms with Crippen LogP contribution < -0.4 is 20.1 Å². The molecule has 0 unspecified atom stereocenters. The van der Waals surface area contributed by atoms with Crippen LogP contribution in [0.15, 0.2) is 46.8 Å². The van der Waals surface area contributed by atoms with Gasteiger partial charge in [-0.25, -0.2) is 4.79 Å². The van der Waals surface area contributed by atoms with E-state index in [4.69, 9.17) is 9.47 Å². The number of benzene rings is 2. The summed E-state index contributed by atoms with van der Waals surface area (Å²) in [6.45, 7) is 0. The molecule has 4 rings (SSSR count). The fraction of sp³-hybridized carbons (Fsp3) is 0.100. The molecule has 28 heavy (non-hydrogen) atoms. The lowest BCUT2D eigenvalue weighted by atomic mass is 10.1. The standard InChI is InChI=1S/C20H16BrN3O4/c1-22-20(26)23-10-3-6-16-14(7-10)18(25)17(28-16)9-13-12-8-11(27-2)4-5-15(12)24-19(13)21/h3-9,24H,1-2H3,(H2,22,23,26). The number of ketones is 1. The first-order chi connectivity index (χ1) is 13.5. The second-order valence-corrected chi connectivity index (χ2v) is 6.91. The summed E-state index contributed by atoms with van der Waals surface area (Å²) in [5.41, 5.74) is 2.59. The smallest absolute Gasteiger partial charge is 0.318 e. The maximum atomic E-state index is 12.8. The molecule has 0 atom stereocenters. The number of amides is 2. The van der Waals surface area contributed by atoms with Crippen LogP contribution in [0.1, 0.15) is 15.9 Å². The van der Waals surface area contributed by atoms with Crippen molar-refractivity contribution >= 4 is 50.4 Å². The van der Waals surface area contributed by atoms with E-state index in [1.807, 2.05) is 18.2 Å². The molecule has 0 spiro atoms. The average molecular weight is 442 g/mol. The molecule has 1 aliphatic heterocycles. The molecule has 7 nitrogen and oxygen atoms in total. The van der Waals surface area contributed by atoms with Crippen LogP contribution in [0.3, 0.4) is 0 Å². The lowest BCUT2D eigenvalue weighted by Gasteiger charge is -2.04. The number of aromatic nitrogens is 1. The Labute approximate surface area is 168 Å². The summed E-state index contributed by atoms with van der Waals surface area (Å²) in [4.78, 5) is 27.5. The number of H-pyrrole nitrogens is 1. The molecule has 2 amide bonds. The van der Waals surface area contributed by atoms with Crippen LogP contribution in [0.4, 0.5) is 10.5 Å². The van der Waals surface area contributed by atoms with Gasteiger partial charge in [-0.15, -0.1) is 0 Å². The molecular formula is C20H16BrN3O4. The number of methoxy groups -OCH3 is 1. The molecule has 1 aromatic heterocycles. The van der Waals surface area contributed by atoms with E-state index in [1.165, 1.54) is 7.05 Å². The van der Waals surface area contributed by atoms with Gasteiger partial charge in [-0.1, -0.05) is 0 Å². The number of hydrogen-bond acceptors (Lipinski definition) is 4. The highest BCUT2D eigenvalue weighted by Gasteiger charge is 2.28. The molecule has 0 fully saturated rings. The number of halogens is 1. The Kier molecular flexibility index (Phi) is 4.56. The third kappa shape index (κ3) is 3.11. The molecule has 142 valence electrons. The maximum Gasteiger partial charge on any atom is 0.318 e. The number of allylic oxidation sites excluding steroid dienone is 1. The molecule has 2 heterocycles. The second kappa shape index (κ2) is 7.05. The van der Waals surface area contributed by atoms with Crippen molar-refractivity contribution in [2.24, 2.45) is 0 Å². The number of hydrogen-bond donors (Lipinski definition) is 3. The van der Waals surface area contributed by atoms with E-state index in [9.17, 15) is 9.59 Å². The fourth-order valence-corrected chi connectivity index (χ4v) is 3.56. The van der Waals surface area contributed by atoms with E-state index in [1.54, 1.807) is 31.4 Å². The number of fused-ring (bicyclic) bond motifs is 2. The van der Waals surface area contributed by atoms with Crippen molar-refractivity contribution < 1.29 is 19.1 Å². The summed E-state index contributed by atoms with van der Waals surface area (Å²) in [7, 11) is 3.12. The third-order valence-corrected chi connectivity index (χ3v) is 5.05. The van der Waals surface area contributed by atoms with Crippen molar-refractivity contribution in [3.8, 4) is 11.5 Å². The average Bonchev–Trinajstić information content (AvgIpc) is 3.18. The first-order valence-corrected chi connectivity index (χ1v) is 9.21. The predicted molar refractivity (Wildman–Crippen MR) is 110 cm³/mol. The number of nitrogens with one attached hydrogen (secondary N) is 3. The SMILES string of the molecule is CNC(=O)Nc1ccc2c(c1)C(=O)C(=Cc1c(Br)[nH]c3ccc(OC)cc13)O2. The van der Waals surface area contributed by atoms with Crippen LogP contribution >= 0.6 is 15.9 Å². The van der Waals surface area contributed by atoms with Gasteiger partial charge < -0.3 is 25.1 Å². The molecule has 1 aliphatic rings. The Balaban J connectivity index is 1.72. The third-order valence-electron chi connectivity index (χ3n) is 4.43. The van der Waals surface area contributed by atoms with Gasteiger partial charge in [0, 0.05) is 29.2 Å². The highest BCUT2D eigenvalue weighted by molar-refractivity contribution is 9.10. The van der Waals surface area contributed by atoms with Gasteiger partial charge in [-0.2, -0.15) is 0 Å². The van der Waals surface area contributed by atoms with Gasteiger partial charge >= 0.3 is 6.03 Å².